The molecule has 1 aromatic carbocycles. The molecule has 2 heterocycles. The molecule has 0 fully saturated rings. The van der Waals surface area contributed by atoms with E-state index in [1.165, 1.54) is 33.3 Å². The number of methoxy groups -OCH3 is 1. The summed E-state index contributed by atoms with van der Waals surface area (Å²) in [5, 5.41) is 14.9. The largest absolute Gasteiger partial charge is 0.496 e. The number of thiophene rings is 1. The third-order valence-corrected chi connectivity index (χ3v) is 6.55. The van der Waals surface area contributed by atoms with Crippen molar-refractivity contribution < 1.29 is 14.5 Å². The lowest BCUT2D eigenvalue weighted by Crippen LogP contribution is -2.02. The molecule has 0 unspecified atom stereocenters. The number of halogens is 1. The Morgan fingerprint density at radius 3 is 2.87 bits per heavy atom. The van der Waals surface area contributed by atoms with Gasteiger partial charge in [-0.2, -0.15) is 5.10 Å². The molecular formula is C21H20BrN3O4S. The first-order valence-electron chi connectivity index (χ1n) is 9.25. The predicted octanol–water partition coefficient (Wildman–Crippen LogP) is 5.52. The number of hydrogen-bond acceptors (Lipinski definition) is 6. The van der Waals surface area contributed by atoms with Gasteiger partial charge in [0.15, 0.2) is 5.78 Å². The van der Waals surface area contributed by atoms with Gasteiger partial charge in [0, 0.05) is 14.9 Å². The smallest absolute Gasteiger partial charge is 0.307 e. The summed E-state index contributed by atoms with van der Waals surface area (Å²) in [4.78, 5) is 24.8. The van der Waals surface area contributed by atoms with Crippen LogP contribution in [0.2, 0.25) is 0 Å². The van der Waals surface area contributed by atoms with Crippen molar-refractivity contribution in [3.05, 3.63) is 78.2 Å². The number of hydrogen-bond donors (Lipinski definition) is 0. The van der Waals surface area contributed by atoms with Crippen LogP contribution in [0.1, 0.15) is 39.0 Å². The fourth-order valence-electron chi connectivity index (χ4n) is 2.91. The number of carbonyl (C=O) groups excluding carboxylic acids is 1. The third kappa shape index (κ3) is 5.22. The highest BCUT2D eigenvalue weighted by Gasteiger charge is 2.13. The van der Waals surface area contributed by atoms with Crippen LogP contribution < -0.4 is 4.74 Å². The standard InChI is InChI=1S/C21H20BrN3O4S/c1-3-4-20-17(22)10-21(30-20)18(26)7-5-14-6-8-19(29-2)15(9-14)12-24-13-16(11-23-24)25(27)28/h5-11,13H,3-4,12H2,1-2H3/b7-5+. The Bertz CT molecular complexity index is 1100. The fourth-order valence-corrected chi connectivity index (χ4v) is 4.81. The van der Waals surface area contributed by atoms with E-state index in [2.05, 4.69) is 28.0 Å². The highest BCUT2D eigenvalue weighted by Crippen LogP contribution is 2.29. The number of carbonyl (C=O) groups is 1. The molecule has 9 heteroatoms. The maximum atomic E-state index is 12.6. The summed E-state index contributed by atoms with van der Waals surface area (Å²) in [6.45, 7) is 2.42. The van der Waals surface area contributed by atoms with Crippen LogP contribution >= 0.6 is 27.3 Å². The summed E-state index contributed by atoms with van der Waals surface area (Å²) >= 11 is 5.03. The topological polar surface area (TPSA) is 87.3 Å². The van der Waals surface area contributed by atoms with Crippen molar-refractivity contribution in [3.8, 4) is 5.75 Å². The zero-order valence-electron chi connectivity index (χ0n) is 16.5. The number of ether oxygens (including phenoxy) is 1. The molecule has 0 radical (unpaired) electrons. The molecule has 0 bridgehead atoms. The SMILES string of the molecule is CCCc1sc(C(=O)/C=C/c2ccc(OC)c(Cn3cc([N+](=O)[O-])cn3)c2)cc1Br. The molecule has 0 N–H and O–H groups in total. The quantitative estimate of drug-likeness (QED) is 0.171. The lowest BCUT2D eigenvalue weighted by atomic mass is 10.1. The molecule has 3 rings (SSSR count). The second-order valence-corrected chi connectivity index (χ2v) is 8.54. The molecule has 0 aliphatic heterocycles. The van der Waals surface area contributed by atoms with Crippen molar-refractivity contribution in [1.29, 1.82) is 0 Å². The van der Waals surface area contributed by atoms with Crippen LogP contribution in [0.4, 0.5) is 5.69 Å². The average Bonchev–Trinajstić information content (AvgIpc) is 3.34. The average molecular weight is 490 g/mol. The van der Waals surface area contributed by atoms with Gasteiger partial charge in [-0.1, -0.05) is 25.5 Å². The van der Waals surface area contributed by atoms with Crippen LogP contribution in [-0.4, -0.2) is 27.6 Å². The maximum absolute atomic E-state index is 12.6. The summed E-state index contributed by atoms with van der Waals surface area (Å²) in [6.07, 6.45) is 7.85. The van der Waals surface area contributed by atoms with Gasteiger partial charge in [-0.3, -0.25) is 19.6 Å². The summed E-state index contributed by atoms with van der Waals surface area (Å²) in [6, 6.07) is 7.40. The molecule has 0 saturated heterocycles. The van der Waals surface area contributed by atoms with Crippen molar-refractivity contribution in [2.45, 2.75) is 26.3 Å². The van der Waals surface area contributed by atoms with Crippen molar-refractivity contribution in [3.63, 3.8) is 0 Å². The number of rotatable bonds is 9. The van der Waals surface area contributed by atoms with E-state index in [1.807, 2.05) is 18.2 Å². The minimum atomic E-state index is -0.486. The van der Waals surface area contributed by atoms with Gasteiger partial charge in [-0.15, -0.1) is 11.3 Å². The Morgan fingerprint density at radius 1 is 1.40 bits per heavy atom. The second kappa shape index (κ2) is 9.82. The Morgan fingerprint density at radius 2 is 2.20 bits per heavy atom. The lowest BCUT2D eigenvalue weighted by Gasteiger charge is -2.09. The number of aryl methyl sites for hydroxylation is 1. The summed E-state index contributed by atoms with van der Waals surface area (Å²) < 4.78 is 7.85. The van der Waals surface area contributed by atoms with E-state index in [0.717, 1.165) is 28.4 Å². The monoisotopic (exact) mass is 489 g/mol. The molecule has 156 valence electrons. The number of nitrogens with zero attached hydrogens (tertiary/aromatic N) is 3. The van der Waals surface area contributed by atoms with Crippen LogP contribution in [0, 0.1) is 10.1 Å². The van der Waals surface area contributed by atoms with Crippen LogP contribution in [-0.2, 0) is 13.0 Å². The van der Waals surface area contributed by atoms with E-state index >= 15 is 0 Å². The van der Waals surface area contributed by atoms with E-state index in [-0.39, 0.29) is 11.5 Å². The van der Waals surface area contributed by atoms with Crippen LogP contribution in [0.25, 0.3) is 6.08 Å². The first-order valence-corrected chi connectivity index (χ1v) is 10.9. The fraction of sp³-hybridized carbons (Fsp3) is 0.238. The second-order valence-electron chi connectivity index (χ2n) is 6.55. The minimum Gasteiger partial charge on any atom is -0.496 e. The Hall–Kier alpha value is -2.78. The molecule has 0 aliphatic rings. The Kier molecular flexibility index (Phi) is 7.17. The van der Waals surface area contributed by atoms with Gasteiger partial charge in [0.25, 0.3) is 0 Å². The number of allylic oxidation sites excluding steroid dienone is 1. The Balaban J connectivity index is 1.79. The molecule has 3 aromatic rings. The molecule has 2 aromatic heterocycles. The highest BCUT2D eigenvalue weighted by molar-refractivity contribution is 9.10. The van der Waals surface area contributed by atoms with Gasteiger partial charge in [-0.25, -0.2) is 0 Å². The van der Waals surface area contributed by atoms with Crippen molar-refractivity contribution in [1.82, 2.24) is 9.78 Å². The van der Waals surface area contributed by atoms with E-state index in [9.17, 15) is 14.9 Å². The lowest BCUT2D eigenvalue weighted by molar-refractivity contribution is -0.385. The van der Waals surface area contributed by atoms with Crippen molar-refractivity contribution >= 4 is 44.8 Å². The maximum Gasteiger partial charge on any atom is 0.307 e. The van der Waals surface area contributed by atoms with E-state index in [4.69, 9.17) is 4.74 Å². The number of aromatic nitrogens is 2. The van der Waals surface area contributed by atoms with E-state index < -0.39 is 4.92 Å². The molecule has 0 spiro atoms. The summed E-state index contributed by atoms with van der Waals surface area (Å²) in [5.41, 5.74) is 1.56. The summed E-state index contributed by atoms with van der Waals surface area (Å²) in [7, 11) is 1.56. The molecule has 30 heavy (non-hydrogen) atoms. The minimum absolute atomic E-state index is 0.0527. The summed E-state index contributed by atoms with van der Waals surface area (Å²) in [5.74, 6) is 0.589. The van der Waals surface area contributed by atoms with Gasteiger partial charge >= 0.3 is 5.69 Å². The van der Waals surface area contributed by atoms with Crippen molar-refractivity contribution in [2.24, 2.45) is 0 Å². The number of benzene rings is 1. The first-order chi connectivity index (χ1) is 14.4. The normalized spacial score (nSPS) is 11.2. The zero-order chi connectivity index (χ0) is 21.7. The van der Waals surface area contributed by atoms with Crippen LogP contribution in [0.15, 0.2) is 47.2 Å². The van der Waals surface area contributed by atoms with Gasteiger partial charge < -0.3 is 4.74 Å². The van der Waals surface area contributed by atoms with Gasteiger partial charge in [0.05, 0.1) is 23.5 Å². The molecular weight excluding hydrogens is 470 g/mol. The molecule has 0 atom stereocenters. The third-order valence-electron chi connectivity index (χ3n) is 4.37. The number of nitro groups is 1. The zero-order valence-corrected chi connectivity index (χ0v) is 18.9. The Labute approximate surface area is 186 Å². The highest BCUT2D eigenvalue weighted by atomic mass is 79.9. The first kappa shape index (κ1) is 21.9. The van der Waals surface area contributed by atoms with Crippen molar-refractivity contribution in [2.75, 3.05) is 7.11 Å². The van der Waals surface area contributed by atoms with Gasteiger partial charge in [0.1, 0.15) is 18.1 Å². The van der Waals surface area contributed by atoms with Gasteiger partial charge in [0.2, 0.25) is 0 Å². The van der Waals surface area contributed by atoms with Gasteiger partial charge in [-0.05, 0) is 52.2 Å². The van der Waals surface area contributed by atoms with E-state index in [1.54, 1.807) is 25.3 Å². The molecule has 0 saturated carbocycles. The van der Waals surface area contributed by atoms with Crippen LogP contribution in [0.5, 0.6) is 5.75 Å². The number of ketones is 1. The van der Waals surface area contributed by atoms with E-state index in [0.29, 0.717) is 17.2 Å². The van der Waals surface area contributed by atoms with Crippen LogP contribution in [0.3, 0.4) is 0 Å². The predicted molar refractivity (Wildman–Crippen MR) is 120 cm³/mol. The molecule has 7 nitrogen and oxygen atoms in total. The molecule has 0 aliphatic carbocycles. The molecule has 0 amide bonds.